The fraction of sp³-hybridized carbons (Fsp3) is 0.588. The van der Waals surface area contributed by atoms with Crippen LogP contribution < -0.4 is 0 Å². The predicted octanol–water partition coefficient (Wildman–Crippen LogP) is 4.29. The first-order chi connectivity index (χ1) is 9.87. The molecule has 3 nitrogen and oxygen atoms in total. The lowest BCUT2D eigenvalue weighted by Crippen LogP contribution is -2.41. The maximum absolute atomic E-state index is 6.18. The van der Waals surface area contributed by atoms with Crippen LogP contribution in [0.15, 0.2) is 30.5 Å². The van der Waals surface area contributed by atoms with Gasteiger partial charge in [-0.3, -0.25) is 4.98 Å². The second kappa shape index (κ2) is 6.33. The SMILES string of the molecule is CCCC/C=C(/B1OC(C)(C)C(C)(C)O1)c1ccccn1. The first-order valence-electron chi connectivity index (χ1n) is 7.84. The van der Waals surface area contributed by atoms with Gasteiger partial charge in [0.2, 0.25) is 0 Å². The molecule has 1 fully saturated rings. The predicted molar refractivity (Wildman–Crippen MR) is 87.8 cm³/mol. The Labute approximate surface area is 128 Å². The minimum Gasteiger partial charge on any atom is -0.399 e. The monoisotopic (exact) mass is 287 g/mol. The maximum atomic E-state index is 6.18. The van der Waals surface area contributed by atoms with E-state index in [1.807, 2.05) is 24.4 Å². The molecule has 21 heavy (non-hydrogen) atoms. The van der Waals surface area contributed by atoms with Crippen molar-refractivity contribution in [2.45, 2.75) is 65.1 Å². The van der Waals surface area contributed by atoms with Gasteiger partial charge in [0.05, 0.1) is 16.9 Å². The Bertz CT molecular complexity index is 481. The number of aromatic nitrogens is 1. The van der Waals surface area contributed by atoms with Gasteiger partial charge >= 0.3 is 7.12 Å². The van der Waals surface area contributed by atoms with Crippen LogP contribution in [0.3, 0.4) is 0 Å². The molecule has 1 saturated heterocycles. The third kappa shape index (κ3) is 3.56. The molecule has 1 aliphatic rings. The Morgan fingerprint density at radius 1 is 1.19 bits per heavy atom. The highest BCUT2D eigenvalue weighted by Crippen LogP contribution is 2.40. The number of rotatable bonds is 5. The lowest BCUT2D eigenvalue weighted by Gasteiger charge is -2.32. The van der Waals surface area contributed by atoms with Crippen molar-refractivity contribution in [1.29, 1.82) is 0 Å². The van der Waals surface area contributed by atoms with E-state index in [1.54, 1.807) is 0 Å². The molecule has 1 aliphatic heterocycles. The van der Waals surface area contributed by atoms with Gasteiger partial charge in [-0.25, -0.2) is 0 Å². The summed E-state index contributed by atoms with van der Waals surface area (Å²) < 4.78 is 12.4. The van der Waals surface area contributed by atoms with Crippen molar-refractivity contribution in [2.75, 3.05) is 0 Å². The van der Waals surface area contributed by atoms with Gasteiger partial charge in [0.15, 0.2) is 0 Å². The van der Waals surface area contributed by atoms with E-state index in [9.17, 15) is 0 Å². The highest BCUT2D eigenvalue weighted by molar-refractivity contribution is 6.68. The molecule has 0 saturated carbocycles. The van der Waals surface area contributed by atoms with Gasteiger partial charge in [0, 0.05) is 11.7 Å². The molecule has 0 aliphatic carbocycles. The van der Waals surface area contributed by atoms with Crippen LogP contribution in [0, 0.1) is 0 Å². The highest BCUT2D eigenvalue weighted by Gasteiger charge is 2.52. The summed E-state index contributed by atoms with van der Waals surface area (Å²) in [6, 6.07) is 5.95. The highest BCUT2D eigenvalue weighted by atomic mass is 16.7. The lowest BCUT2D eigenvalue weighted by molar-refractivity contribution is 0.00578. The first-order valence-corrected chi connectivity index (χ1v) is 7.84. The van der Waals surface area contributed by atoms with E-state index in [0.29, 0.717) is 0 Å². The number of nitrogens with zero attached hydrogens (tertiary/aromatic N) is 1. The molecule has 0 spiro atoms. The van der Waals surface area contributed by atoms with Crippen molar-refractivity contribution >= 4 is 12.6 Å². The average Bonchev–Trinajstić information content (AvgIpc) is 2.64. The second-order valence-corrected chi connectivity index (χ2v) is 6.60. The van der Waals surface area contributed by atoms with Gasteiger partial charge < -0.3 is 9.31 Å². The van der Waals surface area contributed by atoms with Crippen LogP contribution in [0.5, 0.6) is 0 Å². The Morgan fingerprint density at radius 3 is 2.38 bits per heavy atom. The molecule has 0 N–H and O–H groups in total. The smallest absolute Gasteiger partial charge is 0.399 e. The van der Waals surface area contributed by atoms with Crippen molar-refractivity contribution in [3.05, 3.63) is 36.2 Å². The summed E-state index contributed by atoms with van der Waals surface area (Å²) in [5.41, 5.74) is 1.34. The van der Waals surface area contributed by atoms with E-state index in [0.717, 1.165) is 24.0 Å². The first kappa shape index (κ1) is 16.2. The topological polar surface area (TPSA) is 31.4 Å². The zero-order valence-electron chi connectivity index (χ0n) is 13.8. The van der Waals surface area contributed by atoms with Crippen LogP contribution in [0.25, 0.3) is 5.47 Å². The largest absolute Gasteiger partial charge is 0.496 e. The molecule has 1 aromatic rings. The Kier molecular flexibility index (Phi) is 4.90. The molecule has 0 unspecified atom stereocenters. The van der Waals surface area contributed by atoms with E-state index >= 15 is 0 Å². The summed E-state index contributed by atoms with van der Waals surface area (Å²) in [5.74, 6) is 0. The van der Waals surface area contributed by atoms with Crippen molar-refractivity contribution < 1.29 is 9.31 Å². The van der Waals surface area contributed by atoms with Crippen molar-refractivity contribution in [3.8, 4) is 0 Å². The number of pyridine rings is 1. The molecule has 0 aromatic carbocycles. The zero-order chi connectivity index (χ0) is 15.5. The molecule has 2 heterocycles. The molecule has 2 rings (SSSR count). The summed E-state index contributed by atoms with van der Waals surface area (Å²) in [7, 11) is -0.346. The molecular formula is C17H26BNO2. The van der Waals surface area contributed by atoms with E-state index in [-0.39, 0.29) is 18.3 Å². The van der Waals surface area contributed by atoms with Gasteiger partial charge in [-0.2, -0.15) is 0 Å². The summed E-state index contributed by atoms with van der Waals surface area (Å²) >= 11 is 0. The Morgan fingerprint density at radius 2 is 1.86 bits per heavy atom. The van der Waals surface area contributed by atoms with Crippen LogP contribution >= 0.6 is 0 Å². The quantitative estimate of drug-likeness (QED) is 0.598. The molecule has 114 valence electrons. The fourth-order valence-electron chi connectivity index (χ4n) is 2.29. The van der Waals surface area contributed by atoms with E-state index < -0.39 is 0 Å². The normalized spacial score (nSPS) is 20.8. The summed E-state index contributed by atoms with van der Waals surface area (Å²) in [4.78, 5) is 4.47. The molecule has 0 bridgehead atoms. The van der Waals surface area contributed by atoms with E-state index in [1.165, 1.54) is 6.42 Å². The lowest BCUT2D eigenvalue weighted by atomic mass is 9.75. The number of hydrogen-bond donors (Lipinski definition) is 0. The summed E-state index contributed by atoms with van der Waals surface area (Å²) in [6.07, 6.45) is 7.39. The van der Waals surface area contributed by atoms with Crippen LogP contribution in [0.4, 0.5) is 0 Å². The van der Waals surface area contributed by atoms with Crippen LogP contribution in [0.2, 0.25) is 0 Å². The second-order valence-electron chi connectivity index (χ2n) is 6.60. The van der Waals surface area contributed by atoms with Crippen molar-refractivity contribution in [2.24, 2.45) is 0 Å². The minimum atomic E-state index is -0.346. The van der Waals surface area contributed by atoms with Crippen LogP contribution in [0.1, 0.15) is 59.6 Å². The van der Waals surface area contributed by atoms with E-state index in [2.05, 4.69) is 45.7 Å². The third-order valence-corrected chi connectivity index (χ3v) is 4.39. The molecule has 0 amide bonds. The summed E-state index contributed by atoms with van der Waals surface area (Å²) in [6.45, 7) is 10.5. The molecule has 0 atom stereocenters. The Balaban J connectivity index is 2.28. The molecule has 0 radical (unpaired) electrons. The van der Waals surface area contributed by atoms with Crippen LogP contribution in [-0.4, -0.2) is 23.3 Å². The third-order valence-electron chi connectivity index (χ3n) is 4.39. The Hall–Kier alpha value is -1.13. The molecule has 1 aromatic heterocycles. The standard InChI is InChI=1S/C17H26BNO2/c1-6-7-8-11-14(15-12-9-10-13-19-15)18-20-16(2,3)17(4,5)21-18/h9-13H,6-8H2,1-5H3/b14-11+. The molecular weight excluding hydrogens is 261 g/mol. The van der Waals surface area contributed by atoms with Gasteiger partial charge in [-0.1, -0.05) is 31.9 Å². The van der Waals surface area contributed by atoms with Crippen molar-refractivity contribution in [1.82, 2.24) is 4.98 Å². The summed E-state index contributed by atoms with van der Waals surface area (Å²) in [5, 5.41) is 0. The van der Waals surface area contributed by atoms with Gasteiger partial charge in [-0.15, -0.1) is 0 Å². The molecule has 4 heteroatoms. The number of allylic oxidation sites excluding steroid dienone is 1. The number of unbranched alkanes of at least 4 members (excludes halogenated alkanes) is 2. The van der Waals surface area contributed by atoms with Gasteiger partial charge in [0.25, 0.3) is 0 Å². The fourth-order valence-corrected chi connectivity index (χ4v) is 2.29. The van der Waals surface area contributed by atoms with E-state index in [4.69, 9.17) is 9.31 Å². The minimum absolute atomic E-state index is 0.323. The van der Waals surface area contributed by atoms with Crippen molar-refractivity contribution in [3.63, 3.8) is 0 Å². The maximum Gasteiger partial charge on any atom is 0.496 e. The zero-order valence-corrected chi connectivity index (χ0v) is 13.8. The van der Waals surface area contributed by atoms with Crippen LogP contribution in [-0.2, 0) is 9.31 Å². The number of hydrogen-bond acceptors (Lipinski definition) is 3. The average molecular weight is 287 g/mol. The van der Waals surface area contributed by atoms with Gasteiger partial charge in [0.1, 0.15) is 0 Å². The van der Waals surface area contributed by atoms with Gasteiger partial charge in [-0.05, 0) is 46.2 Å².